The molecule has 0 saturated heterocycles. The molecule has 1 amide bonds. The molecule has 0 bridgehead atoms. The zero-order valence-corrected chi connectivity index (χ0v) is 15.9. The van der Waals surface area contributed by atoms with E-state index in [1.807, 2.05) is 30.3 Å². The highest BCUT2D eigenvalue weighted by atomic mass is 19.3. The summed E-state index contributed by atoms with van der Waals surface area (Å²) >= 11 is 0. The van der Waals surface area contributed by atoms with Crippen LogP contribution in [0.3, 0.4) is 0 Å². The third-order valence-corrected chi connectivity index (χ3v) is 5.09. The van der Waals surface area contributed by atoms with Crippen LogP contribution in [0.15, 0.2) is 54.6 Å². The number of benzene rings is 2. The van der Waals surface area contributed by atoms with Gasteiger partial charge in [-0.05, 0) is 48.9 Å². The number of ether oxygens (including phenoxy) is 1. The number of nitrogens with zero attached hydrogens (tertiary/aromatic N) is 1. The molecule has 152 valence electrons. The lowest BCUT2D eigenvalue weighted by Gasteiger charge is -2.24. The highest BCUT2D eigenvalue weighted by Crippen LogP contribution is 2.29. The lowest BCUT2D eigenvalue weighted by Crippen LogP contribution is -2.48. The second-order valence-electron chi connectivity index (χ2n) is 7.12. The van der Waals surface area contributed by atoms with Crippen LogP contribution in [0, 0.1) is 11.3 Å². The lowest BCUT2D eigenvalue weighted by atomic mass is 9.98. The standard InChI is InChI=1S/C22H23F2N3O2/c23-21(24)29-18-10-8-17(9-11-18)20(16-6-2-1-3-7-16)26-14-19(28)27-22(15-25)12-4-5-13-22/h1-3,6-11,20-21,26H,4-5,12-14H2,(H,27,28)/t20-/m0/s1. The molecule has 2 aromatic carbocycles. The monoisotopic (exact) mass is 399 g/mol. The quantitative estimate of drug-likeness (QED) is 0.706. The zero-order chi connectivity index (χ0) is 20.7. The highest BCUT2D eigenvalue weighted by molar-refractivity contribution is 5.79. The van der Waals surface area contributed by atoms with Gasteiger partial charge in [0.05, 0.1) is 18.7 Å². The summed E-state index contributed by atoms with van der Waals surface area (Å²) in [6.45, 7) is -2.85. The topological polar surface area (TPSA) is 74.2 Å². The number of carbonyl (C=O) groups is 1. The Bertz CT molecular complexity index is 845. The van der Waals surface area contributed by atoms with Gasteiger partial charge in [0.2, 0.25) is 5.91 Å². The first-order valence-electron chi connectivity index (χ1n) is 9.57. The van der Waals surface area contributed by atoms with E-state index in [1.54, 1.807) is 12.1 Å². The molecule has 5 nitrogen and oxygen atoms in total. The summed E-state index contributed by atoms with van der Waals surface area (Å²) in [4.78, 5) is 12.5. The largest absolute Gasteiger partial charge is 0.435 e. The summed E-state index contributed by atoms with van der Waals surface area (Å²) in [5.74, 6) is -0.169. The molecule has 1 aliphatic carbocycles. The molecule has 2 N–H and O–H groups in total. The second-order valence-corrected chi connectivity index (χ2v) is 7.12. The first-order valence-corrected chi connectivity index (χ1v) is 9.57. The molecule has 1 fully saturated rings. The van der Waals surface area contributed by atoms with Crippen molar-refractivity contribution in [3.63, 3.8) is 0 Å². The van der Waals surface area contributed by atoms with Gasteiger partial charge in [-0.1, -0.05) is 42.5 Å². The summed E-state index contributed by atoms with van der Waals surface area (Å²) in [5, 5.41) is 15.5. The molecule has 0 unspecified atom stereocenters. The van der Waals surface area contributed by atoms with Crippen molar-refractivity contribution in [1.29, 1.82) is 5.26 Å². The Morgan fingerprint density at radius 3 is 2.28 bits per heavy atom. The van der Waals surface area contributed by atoms with Crippen LogP contribution in [0.5, 0.6) is 5.75 Å². The fourth-order valence-electron chi connectivity index (χ4n) is 3.66. The molecule has 2 aromatic rings. The Labute approximate surface area is 168 Å². The average molecular weight is 399 g/mol. The van der Waals surface area contributed by atoms with E-state index in [1.165, 1.54) is 12.1 Å². The highest BCUT2D eigenvalue weighted by Gasteiger charge is 2.35. The zero-order valence-electron chi connectivity index (χ0n) is 15.9. The minimum Gasteiger partial charge on any atom is -0.435 e. The van der Waals surface area contributed by atoms with Gasteiger partial charge in [0.25, 0.3) is 0 Å². The summed E-state index contributed by atoms with van der Waals surface area (Å²) < 4.78 is 29.2. The van der Waals surface area contributed by atoms with Crippen LogP contribution >= 0.6 is 0 Å². The number of amides is 1. The number of alkyl halides is 2. The number of carbonyl (C=O) groups excluding carboxylic acids is 1. The summed E-state index contributed by atoms with van der Waals surface area (Å²) in [6.07, 6.45) is 3.20. The number of hydrogen-bond acceptors (Lipinski definition) is 4. The Hall–Kier alpha value is -2.98. The molecule has 0 spiro atoms. The van der Waals surface area contributed by atoms with Gasteiger partial charge in [0, 0.05) is 0 Å². The van der Waals surface area contributed by atoms with Crippen molar-refractivity contribution in [1.82, 2.24) is 10.6 Å². The predicted molar refractivity (Wildman–Crippen MR) is 104 cm³/mol. The van der Waals surface area contributed by atoms with Crippen molar-refractivity contribution in [3.05, 3.63) is 65.7 Å². The van der Waals surface area contributed by atoms with Gasteiger partial charge in [-0.2, -0.15) is 14.0 Å². The molecule has 3 rings (SSSR count). The van der Waals surface area contributed by atoms with Crippen LogP contribution in [-0.2, 0) is 4.79 Å². The number of rotatable bonds is 8. The Morgan fingerprint density at radius 1 is 1.07 bits per heavy atom. The number of nitrogens with one attached hydrogen (secondary N) is 2. The Morgan fingerprint density at radius 2 is 1.69 bits per heavy atom. The third-order valence-electron chi connectivity index (χ3n) is 5.09. The molecule has 29 heavy (non-hydrogen) atoms. The van der Waals surface area contributed by atoms with E-state index in [-0.39, 0.29) is 24.2 Å². The van der Waals surface area contributed by atoms with Gasteiger partial charge in [-0.15, -0.1) is 0 Å². The van der Waals surface area contributed by atoms with E-state index in [9.17, 15) is 18.8 Å². The van der Waals surface area contributed by atoms with Gasteiger partial charge < -0.3 is 10.1 Å². The van der Waals surface area contributed by atoms with Crippen molar-refractivity contribution in [2.45, 2.75) is 43.9 Å². The Kier molecular flexibility index (Phi) is 6.78. The summed E-state index contributed by atoms with van der Waals surface area (Å²) in [6, 6.07) is 17.8. The van der Waals surface area contributed by atoms with Crippen LogP contribution in [0.2, 0.25) is 0 Å². The van der Waals surface area contributed by atoms with Gasteiger partial charge in [-0.3, -0.25) is 10.1 Å². The van der Waals surface area contributed by atoms with E-state index in [0.717, 1.165) is 24.0 Å². The lowest BCUT2D eigenvalue weighted by molar-refractivity contribution is -0.121. The van der Waals surface area contributed by atoms with Crippen molar-refractivity contribution in [2.24, 2.45) is 0 Å². The van der Waals surface area contributed by atoms with E-state index < -0.39 is 12.2 Å². The van der Waals surface area contributed by atoms with E-state index in [0.29, 0.717) is 12.8 Å². The van der Waals surface area contributed by atoms with Crippen LogP contribution in [0.25, 0.3) is 0 Å². The SMILES string of the molecule is N#CC1(NC(=O)CN[C@@H](c2ccccc2)c2ccc(OC(F)F)cc2)CCCC1. The normalized spacial score (nSPS) is 16.2. The molecule has 0 radical (unpaired) electrons. The molecule has 7 heteroatoms. The van der Waals surface area contributed by atoms with Crippen LogP contribution in [0.1, 0.15) is 42.9 Å². The average Bonchev–Trinajstić information content (AvgIpc) is 3.18. The van der Waals surface area contributed by atoms with Crippen molar-refractivity contribution < 1.29 is 18.3 Å². The van der Waals surface area contributed by atoms with Gasteiger partial charge in [-0.25, -0.2) is 0 Å². The molecule has 0 aliphatic heterocycles. The van der Waals surface area contributed by atoms with Gasteiger partial charge >= 0.3 is 6.61 Å². The van der Waals surface area contributed by atoms with Crippen LogP contribution in [0.4, 0.5) is 8.78 Å². The molecular formula is C22H23F2N3O2. The van der Waals surface area contributed by atoms with Crippen LogP contribution < -0.4 is 15.4 Å². The number of hydrogen-bond donors (Lipinski definition) is 2. The minimum absolute atomic E-state index is 0.0261. The van der Waals surface area contributed by atoms with Crippen molar-refractivity contribution >= 4 is 5.91 Å². The first kappa shape index (κ1) is 20.7. The van der Waals surface area contributed by atoms with E-state index >= 15 is 0 Å². The van der Waals surface area contributed by atoms with E-state index in [4.69, 9.17) is 0 Å². The maximum absolute atomic E-state index is 12.5. The molecule has 1 aliphatic rings. The van der Waals surface area contributed by atoms with Gasteiger partial charge in [0.1, 0.15) is 11.3 Å². The Balaban J connectivity index is 1.71. The maximum atomic E-state index is 12.5. The smallest absolute Gasteiger partial charge is 0.387 e. The fourth-order valence-corrected chi connectivity index (χ4v) is 3.66. The molecule has 1 atom stereocenters. The minimum atomic E-state index is -2.88. The summed E-state index contributed by atoms with van der Waals surface area (Å²) in [5.41, 5.74) is 0.968. The number of nitriles is 1. The molecule has 0 heterocycles. The maximum Gasteiger partial charge on any atom is 0.387 e. The molecule has 1 saturated carbocycles. The number of halogens is 2. The van der Waals surface area contributed by atoms with E-state index in [2.05, 4.69) is 21.4 Å². The predicted octanol–water partition coefficient (Wildman–Crippen LogP) is 3.92. The van der Waals surface area contributed by atoms with Crippen molar-refractivity contribution in [3.8, 4) is 11.8 Å². The van der Waals surface area contributed by atoms with Crippen molar-refractivity contribution in [2.75, 3.05) is 6.54 Å². The van der Waals surface area contributed by atoms with Crippen LogP contribution in [-0.4, -0.2) is 24.6 Å². The summed E-state index contributed by atoms with van der Waals surface area (Å²) in [7, 11) is 0. The fraction of sp³-hybridized carbons (Fsp3) is 0.364. The first-order chi connectivity index (χ1) is 14.0. The molecular weight excluding hydrogens is 376 g/mol. The van der Waals surface area contributed by atoms with Gasteiger partial charge in [0.15, 0.2) is 0 Å². The molecule has 0 aromatic heterocycles. The third kappa shape index (κ3) is 5.52. The second kappa shape index (κ2) is 9.48.